The van der Waals surface area contributed by atoms with Crippen LogP contribution < -0.4 is 5.32 Å². The number of hydrogen-bond acceptors (Lipinski definition) is 4. The van der Waals surface area contributed by atoms with Crippen LogP contribution in [0.2, 0.25) is 0 Å². The lowest BCUT2D eigenvalue weighted by Gasteiger charge is -1.99. The smallest absolute Gasteiger partial charge is 0.264 e. The van der Waals surface area contributed by atoms with Crippen LogP contribution in [0.5, 0.6) is 5.75 Å². The summed E-state index contributed by atoms with van der Waals surface area (Å²) in [6.45, 7) is 1.98. The molecule has 1 saturated heterocycles. The Morgan fingerprint density at radius 2 is 2.00 bits per heavy atom. The number of benzene rings is 2. The molecule has 110 valence electrons. The van der Waals surface area contributed by atoms with Crippen molar-refractivity contribution >= 4 is 34.6 Å². The summed E-state index contributed by atoms with van der Waals surface area (Å²) in [6, 6.07) is 14.5. The average molecular weight is 310 g/mol. The highest BCUT2D eigenvalue weighted by Crippen LogP contribution is 2.29. The minimum Gasteiger partial charge on any atom is -0.508 e. The third-order valence-corrected chi connectivity index (χ3v) is 4.07. The van der Waals surface area contributed by atoms with Gasteiger partial charge in [-0.05, 0) is 54.1 Å². The van der Waals surface area contributed by atoms with Crippen LogP contribution in [-0.2, 0) is 4.79 Å². The number of rotatable bonds is 2. The van der Waals surface area contributed by atoms with Gasteiger partial charge in [0.05, 0.1) is 10.6 Å². The summed E-state index contributed by atoms with van der Waals surface area (Å²) in [5.74, 6) is -0.00719. The lowest BCUT2D eigenvalue weighted by atomic mass is 10.2. The molecule has 4 nitrogen and oxygen atoms in total. The highest BCUT2D eigenvalue weighted by atomic mass is 32.2. The number of nitrogens with zero attached hydrogens (tertiary/aromatic N) is 1. The van der Waals surface area contributed by atoms with Crippen molar-refractivity contribution in [3.8, 4) is 5.75 Å². The number of hydrogen-bond donors (Lipinski definition) is 2. The Hall–Kier alpha value is -2.53. The van der Waals surface area contributed by atoms with Crippen molar-refractivity contribution in [1.82, 2.24) is 5.32 Å². The number of carbonyl (C=O) groups excluding carboxylic acids is 1. The van der Waals surface area contributed by atoms with Crippen LogP contribution >= 0.6 is 11.8 Å². The van der Waals surface area contributed by atoms with E-state index in [4.69, 9.17) is 0 Å². The second-order valence-electron chi connectivity index (χ2n) is 4.86. The molecule has 1 heterocycles. The number of amides is 1. The highest BCUT2D eigenvalue weighted by molar-refractivity contribution is 8.18. The third kappa shape index (κ3) is 3.20. The molecule has 22 heavy (non-hydrogen) atoms. The van der Waals surface area contributed by atoms with Crippen LogP contribution in [0.25, 0.3) is 6.08 Å². The second kappa shape index (κ2) is 6.07. The lowest BCUT2D eigenvalue weighted by Crippen LogP contribution is -2.19. The van der Waals surface area contributed by atoms with E-state index >= 15 is 0 Å². The maximum absolute atomic E-state index is 12.0. The number of nitrogens with one attached hydrogen (secondary N) is 1. The maximum atomic E-state index is 12.0. The molecule has 1 fully saturated rings. The zero-order chi connectivity index (χ0) is 15.5. The van der Waals surface area contributed by atoms with Gasteiger partial charge in [0.15, 0.2) is 5.17 Å². The zero-order valence-corrected chi connectivity index (χ0v) is 12.7. The Morgan fingerprint density at radius 1 is 1.18 bits per heavy atom. The average Bonchev–Trinajstić information content (AvgIpc) is 2.81. The van der Waals surface area contributed by atoms with Crippen LogP contribution in [0, 0.1) is 6.92 Å². The van der Waals surface area contributed by atoms with Gasteiger partial charge in [0.2, 0.25) is 0 Å². The molecule has 1 aliphatic rings. The lowest BCUT2D eigenvalue weighted by molar-refractivity contribution is -0.115. The molecular weight excluding hydrogens is 296 g/mol. The monoisotopic (exact) mass is 310 g/mol. The van der Waals surface area contributed by atoms with Crippen molar-refractivity contribution in [1.29, 1.82) is 0 Å². The molecule has 5 heteroatoms. The fraction of sp³-hybridized carbons (Fsp3) is 0.0588. The van der Waals surface area contributed by atoms with E-state index in [2.05, 4.69) is 10.3 Å². The molecular formula is C17H14N2O2S. The highest BCUT2D eigenvalue weighted by Gasteiger charge is 2.23. The normalized spacial score (nSPS) is 18.0. The summed E-state index contributed by atoms with van der Waals surface area (Å²) in [7, 11) is 0. The maximum Gasteiger partial charge on any atom is 0.264 e. The van der Waals surface area contributed by atoms with E-state index in [1.165, 1.54) is 11.8 Å². The molecule has 3 rings (SSSR count). The molecule has 0 spiro atoms. The van der Waals surface area contributed by atoms with Gasteiger partial charge in [0.1, 0.15) is 5.75 Å². The first-order chi connectivity index (χ1) is 10.6. The molecule has 2 N–H and O–H groups in total. The number of phenolic OH excluding ortho intramolecular Hbond substituents is 1. The van der Waals surface area contributed by atoms with Gasteiger partial charge in [0.25, 0.3) is 5.91 Å². The number of aryl methyl sites for hydroxylation is 1. The van der Waals surface area contributed by atoms with Gasteiger partial charge in [-0.15, -0.1) is 0 Å². The molecule has 0 unspecified atom stereocenters. The van der Waals surface area contributed by atoms with Crippen LogP contribution in [0.15, 0.2) is 58.4 Å². The topological polar surface area (TPSA) is 61.7 Å². The first kappa shape index (κ1) is 14.4. The van der Waals surface area contributed by atoms with E-state index in [1.54, 1.807) is 24.3 Å². The summed E-state index contributed by atoms with van der Waals surface area (Å²) in [5, 5.41) is 12.8. The number of aliphatic imine (C=N–C) groups is 1. The van der Waals surface area contributed by atoms with Gasteiger partial charge in [0, 0.05) is 0 Å². The van der Waals surface area contributed by atoms with Gasteiger partial charge < -0.3 is 10.4 Å². The standard InChI is InChI=1S/C17H14N2O2S/c1-11-5-2-3-8-14(11)18-17-19-16(21)15(22-17)10-12-6-4-7-13(20)9-12/h2-10,20H,1H3,(H,18,19,21)/b15-10-. The second-order valence-corrected chi connectivity index (χ2v) is 5.89. The Balaban J connectivity index is 1.86. The van der Waals surface area contributed by atoms with Crippen LogP contribution in [0.3, 0.4) is 0 Å². The SMILES string of the molecule is Cc1ccccc1N=C1NC(=O)/C(=C/c2cccc(O)c2)S1. The molecule has 0 radical (unpaired) electrons. The number of amidine groups is 1. The summed E-state index contributed by atoms with van der Waals surface area (Å²) in [6.07, 6.45) is 1.74. The van der Waals surface area contributed by atoms with Crippen molar-refractivity contribution in [2.45, 2.75) is 6.92 Å². The van der Waals surface area contributed by atoms with Crippen molar-refractivity contribution in [3.05, 3.63) is 64.6 Å². The molecule has 2 aromatic rings. The number of carbonyl (C=O) groups is 1. The van der Waals surface area contributed by atoms with E-state index in [0.717, 1.165) is 16.8 Å². The van der Waals surface area contributed by atoms with Crippen molar-refractivity contribution in [2.75, 3.05) is 0 Å². The van der Waals surface area contributed by atoms with Crippen molar-refractivity contribution in [2.24, 2.45) is 4.99 Å². The number of phenols is 1. The minimum absolute atomic E-state index is 0.173. The third-order valence-electron chi connectivity index (χ3n) is 3.16. The number of para-hydroxylation sites is 1. The predicted octanol–water partition coefficient (Wildman–Crippen LogP) is 3.59. The fourth-order valence-corrected chi connectivity index (χ4v) is 2.88. The van der Waals surface area contributed by atoms with Crippen LogP contribution in [0.1, 0.15) is 11.1 Å². The largest absolute Gasteiger partial charge is 0.508 e. The number of thioether (sulfide) groups is 1. The summed E-state index contributed by atoms with van der Waals surface area (Å²) < 4.78 is 0. The molecule has 0 aliphatic carbocycles. The fourth-order valence-electron chi connectivity index (χ4n) is 2.04. The molecule has 2 aromatic carbocycles. The summed E-state index contributed by atoms with van der Waals surface area (Å²) in [5.41, 5.74) is 2.66. The first-order valence-electron chi connectivity index (χ1n) is 6.76. The molecule has 0 atom stereocenters. The quantitative estimate of drug-likeness (QED) is 0.833. The molecule has 0 aromatic heterocycles. The van der Waals surface area contributed by atoms with E-state index < -0.39 is 0 Å². The van der Waals surface area contributed by atoms with Crippen LogP contribution in [0.4, 0.5) is 5.69 Å². The Kier molecular flexibility index (Phi) is 3.98. The van der Waals surface area contributed by atoms with Gasteiger partial charge >= 0.3 is 0 Å². The van der Waals surface area contributed by atoms with Gasteiger partial charge in [-0.3, -0.25) is 4.79 Å². The Bertz CT molecular complexity index is 797. The molecule has 1 aliphatic heterocycles. The Labute approximate surface area is 132 Å². The van der Waals surface area contributed by atoms with Crippen LogP contribution in [-0.4, -0.2) is 16.2 Å². The van der Waals surface area contributed by atoms with E-state index in [-0.39, 0.29) is 11.7 Å². The Morgan fingerprint density at radius 3 is 2.77 bits per heavy atom. The predicted molar refractivity (Wildman–Crippen MR) is 90.1 cm³/mol. The van der Waals surface area contributed by atoms with Crippen molar-refractivity contribution in [3.63, 3.8) is 0 Å². The van der Waals surface area contributed by atoms with E-state index in [1.807, 2.05) is 37.3 Å². The molecule has 0 saturated carbocycles. The zero-order valence-electron chi connectivity index (χ0n) is 11.9. The summed E-state index contributed by atoms with van der Waals surface area (Å²) in [4.78, 5) is 17.0. The van der Waals surface area contributed by atoms with Gasteiger partial charge in [-0.1, -0.05) is 30.3 Å². The van der Waals surface area contributed by atoms with Gasteiger partial charge in [-0.25, -0.2) is 4.99 Å². The van der Waals surface area contributed by atoms with Crippen molar-refractivity contribution < 1.29 is 9.90 Å². The minimum atomic E-state index is -0.180. The summed E-state index contributed by atoms with van der Waals surface area (Å²) >= 11 is 1.29. The van der Waals surface area contributed by atoms with Gasteiger partial charge in [-0.2, -0.15) is 0 Å². The van der Waals surface area contributed by atoms with E-state index in [9.17, 15) is 9.90 Å². The molecule has 1 amide bonds. The number of aromatic hydroxyl groups is 1. The van der Waals surface area contributed by atoms with E-state index in [0.29, 0.717) is 10.1 Å². The first-order valence-corrected chi connectivity index (χ1v) is 7.58. The molecule has 0 bridgehead atoms.